The van der Waals surface area contributed by atoms with E-state index in [0.717, 1.165) is 29.9 Å². The van der Waals surface area contributed by atoms with Gasteiger partial charge in [0.1, 0.15) is 11.6 Å². The van der Waals surface area contributed by atoms with Gasteiger partial charge in [0.05, 0.1) is 12.8 Å². The third-order valence-electron chi connectivity index (χ3n) is 3.78. The molecule has 0 bridgehead atoms. The van der Waals surface area contributed by atoms with Gasteiger partial charge in [0.25, 0.3) is 0 Å². The second-order valence-electron chi connectivity index (χ2n) is 5.64. The van der Waals surface area contributed by atoms with Crippen molar-refractivity contribution in [2.45, 2.75) is 6.42 Å². The molecule has 8 heteroatoms. The molecule has 3 rings (SSSR count). The monoisotopic (exact) mass is 374 g/mol. The number of ether oxygens (including phenoxy) is 1. The minimum atomic E-state index is -1.54. The van der Waals surface area contributed by atoms with Crippen molar-refractivity contribution in [3.63, 3.8) is 0 Å². The van der Waals surface area contributed by atoms with Crippen LogP contribution in [0.5, 0.6) is 5.75 Å². The van der Waals surface area contributed by atoms with Crippen LogP contribution in [0.4, 0.5) is 30.6 Å². The summed E-state index contributed by atoms with van der Waals surface area (Å²) in [5.74, 6) is -2.74. The van der Waals surface area contributed by atoms with E-state index < -0.39 is 17.5 Å². The number of hydrogen-bond donors (Lipinski definition) is 2. The second-order valence-corrected chi connectivity index (χ2v) is 5.64. The van der Waals surface area contributed by atoms with E-state index in [1.165, 1.54) is 12.3 Å². The summed E-state index contributed by atoms with van der Waals surface area (Å²) >= 11 is 0. The Bertz CT molecular complexity index is 937. The maximum atomic E-state index is 13.8. The summed E-state index contributed by atoms with van der Waals surface area (Å²) < 4.78 is 45.3. The average molecular weight is 374 g/mol. The molecule has 0 aliphatic carbocycles. The molecule has 0 spiro atoms. The Morgan fingerprint density at radius 2 is 1.89 bits per heavy atom. The highest BCUT2D eigenvalue weighted by Crippen LogP contribution is 2.23. The Morgan fingerprint density at radius 1 is 1.04 bits per heavy atom. The Balaban J connectivity index is 1.63. The van der Waals surface area contributed by atoms with Crippen LogP contribution >= 0.6 is 0 Å². The van der Waals surface area contributed by atoms with Crippen LogP contribution in [0.2, 0.25) is 0 Å². The molecule has 5 nitrogen and oxygen atoms in total. The zero-order valence-corrected chi connectivity index (χ0v) is 14.5. The van der Waals surface area contributed by atoms with Crippen molar-refractivity contribution in [3.05, 3.63) is 71.7 Å². The lowest BCUT2D eigenvalue weighted by Crippen LogP contribution is -2.09. The van der Waals surface area contributed by atoms with Crippen LogP contribution in [-0.2, 0) is 6.42 Å². The summed E-state index contributed by atoms with van der Waals surface area (Å²) in [6.45, 7) is 0.566. The summed E-state index contributed by atoms with van der Waals surface area (Å²) in [4.78, 5) is 8.27. The number of nitrogens with zero attached hydrogens (tertiary/aromatic N) is 2. The van der Waals surface area contributed by atoms with Crippen molar-refractivity contribution in [2.24, 2.45) is 0 Å². The minimum absolute atomic E-state index is 0.213. The van der Waals surface area contributed by atoms with E-state index in [1.807, 2.05) is 24.3 Å². The number of aromatic nitrogens is 2. The van der Waals surface area contributed by atoms with Crippen molar-refractivity contribution < 1.29 is 17.9 Å². The lowest BCUT2D eigenvalue weighted by molar-refractivity contribution is 0.414. The highest BCUT2D eigenvalue weighted by atomic mass is 19.2. The molecule has 0 atom stereocenters. The van der Waals surface area contributed by atoms with E-state index >= 15 is 0 Å². The maximum Gasteiger partial charge on any atom is 0.224 e. The SMILES string of the molecule is COc1cccc(CCNc2nccc(Nc3ccc(F)c(F)c3F)n2)c1. The van der Waals surface area contributed by atoms with Gasteiger partial charge < -0.3 is 15.4 Å². The molecule has 2 aromatic carbocycles. The Labute approximate surface area is 154 Å². The maximum absolute atomic E-state index is 13.8. The van der Waals surface area contributed by atoms with Gasteiger partial charge in [0, 0.05) is 12.7 Å². The molecule has 140 valence electrons. The van der Waals surface area contributed by atoms with E-state index in [0.29, 0.717) is 12.5 Å². The molecule has 1 aromatic heterocycles. The molecule has 27 heavy (non-hydrogen) atoms. The Morgan fingerprint density at radius 3 is 2.70 bits per heavy atom. The standard InChI is InChI=1S/C19H17F3N4O/c1-27-13-4-2-3-12(11-13)7-9-23-19-24-10-8-16(26-19)25-15-6-5-14(20)17(21)18(15)22/h2-6,8,10-11H,7,9H2,1H3,(H2,23,24,25,26). The molecule has 1 heterocycles. The predicted octanol–water partition coefficient (Wildman–Crippen LogP) is 4.30. The molecule has 0 unspecified atom stereocenters. The summed E-state index contributed by atoms with van der Waals surface area (Å²) in [6, 6.07) is 11.1. The Kier molecular flexibility index (Phi) is 5.75. The number of halogens is 3. The fourth-order valence-electron chi connectivity index (χ4n) is 2.42. The summed E-state index contributed by atoms with van der Waals surface area (Å²) in [5.41, 5.74) is 0.870. The molecule has 0 saturated carbocycles. The van der Waals surface area contributed by atoms with Crippen LogP contribution in [0.25, 0.3) is 0 Å². The third kappa shape index (κ3) is 4.66. The van der Waals surface area contributed by atoms with E-state index in [4.69, 9.17) is 4.74 Å². The smallest absolute Gasteiger partial charge is 0.224 e. The topological polar surface area (TPSA) is 59.1 Å². The van der Waals surface area contributed by atoms with Gasteiger partial charge >= 0.3 is 0 Å². The lowest BCUT2D eigenvalue weighted by Gasteiger charge is -2.10. The van der Waals surface area contributed by atoms with Gasteiger partial charge in [-0.25, -0.2) is 18.2 Å². The molecule has 0 fully saturated rings. The first-order chi connectivity index (χ1) is 13.1. The molecule has 0 radical (unpaired) electrons. The van der Waals surface area contributed by atoms with Crippen LogP contribution in [0.1, 0.15) is 5.56 Å². The van der Waals surface area contributed by atoms with Gasteiger partial charge in [-0.1, -0.05) is 12.1 Å². The van der Waals surface area contributed by atoms with Crippen LogP contribution in [-0.4, -0.2) is 23.6 Å². The molecule has 0 amide bonds. The van der Waals surface area contributed by atoms with E-state index in [9.17, 15) is 13.2 Å². The average Bonchev–Trinajstić information content (AvgIpc) is 2.69. The number of methoxy groups -OCH3 is 1. The summed E-state index contributed by atoms with van der Waals surface area (Å²) in [5, 5.41) is 5.68. The molecule has 2 N–H and O–H groups in total. The fraction of sp³-hybridized carbons (Fsp3) is 0.158. The largest absolute Gasteiger partial charge is 0.497 e. The van der Waals surface area contributed by atoms with Crippen molar-refractivity contribution in [1.82, 2.24) is 9.97 Å². The van der Waals surface area contributed by atoms with Crippen LogP contribution in [0, 0.1) is 17.5 Å². The van der Waals surface area contributed by atoms with Crippen molar-refractivity contribution in [3.8, 4) is 5.75 Å². The van der Waals surface area contributed by atoms with E-state index in [2.05, 4.69) is 20.6 Å². The zero-order valence-electron chi connectivity index (χ0n) is 14.5. The molecule has 0 aliphatic rings. The molecule has 0 saturated heterocycles. The van der Waals surface area contributed by atoms with Gasteiger partial charge in [-0.2, -0.15) is 4.98 Å². The third-order valence-corrected chi connectivity index (χ3v) is 3.78. The Hall–Kier alpha value is -3.29. The van der Waals surface area contributed by atoms with Gasteiger partial charge in [0.2, 0.25) is 5.95 Å². The van der Waals surface area contributed by atoms with E-state index in [1.54, 1.807) is 7.11 Å². The highest BCUT2D eigenvalue weighted by molar-refractivity contribution is 5.57. The first-order valence-corrected chi connectivity index (χ1v) is 8.17. The number of benzene rings is 2. The summed E-state index contributed by atoms with van der Waals surface area (Å²) in [7, 11) is 1.61. The lowest BCUT2D eigenvalue weighted by atomic mass is 10.1. The van der Waals surface area contributed by atoms with Crippen LogP contribution in [0.15, 0.2) is 48.7 Å². The summed E-state index contributed by atoms with van der Waals surface area (Å²) in [6.07, 6.45) is 2.19. The van der Waals surface area contributed by atoms with Gasteiger partial charge in [-0.3, -0.25) is 0 Å². The molecular weight excluding hydrogens is 357 g/mol. The number of nitrogens with one attached hydrogen (secondary N) is 2. The van der Waals surface area contributed by atoms with Gasteiger partial charge in [-0.05, 0) is 42.3 Å². The fourth-order valence-corrected chi connectivity index (χ4v) is 2.42. The first-order valence-electron chi connectivity index (χ1n) is 8.17. The van der Waals surface area contributed by atoms with Gasteiger partial charge in [-0.15, -0.1) is 0 Å². The van der Waals surface area contributed by atoms with E-state index in [-0.39, 0.29) is 11.5 Å². The zero-order chi connectivity index (χ0) is 19.2. The predicted molar refractivity (Wildman–Crippen MR) is 96.8 cm³/mol. The molecule has 0 aliphatic heterocycles. The van der Waals surface area contributed by atoms with Crippen LogP contribution in [0.3, 0.4) is 0 Å². The van der Waals surface area contributed by atoms with Crippen molar-refractivity contribution in [2.75, 3.05) is 24.3 Å². The highest BCUT2D eigenvalue weighted by Gasteiger charge is 2.13. The molecular formula is C19H17F3N4O. The van der Waals surface area contributed by atoms with Crippen molar-refractivity contribution >= 4 is 17.5 Å². The number of anilines is 3. The van der Waals surface area contributed by atoms with Crippen molar-refractivity contribution in [1.29, 1.82) is 0 Å². The van der Waals surface area contributed by atoms with Crippen LogP contribution < -0.4 is 15.4 Å². The normalized spacial score (nSPS) is 10.5. The second kappa shape index (κ2) is 8.39. The van der Waals surface area contributed by atoms with Gasteiger partial charge in [0.15, 0.2) is 17.5 Å². The number of rotatable bonds is 7. The molecule has 3 aromatic rings. The number of hydrogen-bond acceptors (Lipinski definition) is 5. The quantitative estimate of drug-likeness (QED) is 0.604. The minimum Gasteiger partial charge on any atom is -0.497 e. The first kappa shape index (κ1) is 18.5.